The summed E-state index contributed by atoms with van der Waals surface area (Å²) in [4.78, 5) is 20.4. The molecule has 0 bridgehead atoms. The summed E-state index contributed by atoms with van der Waals surface area (Å²) >= 11 is 6.29. The van der Waals surface area contributed by atoms with Crippen LogP contribution in [0.25, 0.3) is 0 Å². The summed E-state index contributed by atoms with van der Waals surface area (Å²) in [7, 11) is 0. The van der Waals surface area contributed by atoms with Crippen LogP contribution < -0.4 is 14.7 Å². The van der Waals surface area contributed by atoms with E-state index in [0.29, 0.717) is 10.6 Å². The van der Waals surface area contributed by atoms with E-state index in [0.717, 1.165) is 81.3 Å². The maximum absolute atomic E-state index is 9.61. The maximum Gasteiger partial charge on any atom is 0.227 e. The fourth-order valence-corrected chi connectivity index (χ4v) is 3.89. The fraction of sp³-hybridized carbons (Fsp3) is 0.500. The molecular weight excluding hydrogens is 390 g/mol. The summed E-state index contributed by atoms with van der Waals surface area (Å²) < 4.78 is 5.43. The van der Waals surface area contributed by atoms with Crippen LogP contribution in [0.5, 0.6) is 0 Å². The van der Waals surface area contributed by atoms with E-state index in [1.165, 1.54) is 0 Å². The van der Waals surface area contributed by atoms with Gasteiger partial charge in [0.05, 0.1) is 29.5 Å². The van der Waals surface area contributed by atoms with Crippen molar-refractivity contribution in [2.45, 2.75) is 13.8 Å². The number of aromatic nitrogens is 3. The topological polar surface area (TPSA) is 81.4 Å². The maximum atomic E-state index is 9.61. The molecule has 2 saturated heterocycles. The Morgan fingerprint density at radius 1 is 1.00 bits per heavy atom. The normalized spacial score (nSPS) is 17.4. The van der Waals surface area contributed by atoms with Crippen LogP contribution in [0, 0.1) is 25.2 Å². The first kappa shape index (κ1) is 19.7. The highest BCUT2D eigenvalue weighted by atomic mass is 35.5. The summed E-state index contributed by atoms with van der Waals surface area (Å²) in [5.41, 5.74) is 2.10. The first-order valence-corrected chi connectivity index (χ1v) is 10.2. The third kappa shape index (κ3) is 3.93. The second kappa shape index (κ2) is 8.39. The summed E-state index contributed by atoms with van der Waals surface area (Å²) in [5.74, 6) is 2.40. The van der Waals surface area contributed by atoms with Crippen LogP contribution in [0.2, 0.25) is 5.02 Å². The number of anilines is 3. The molecule has 4 rings (SSSR count). The van der Waals surface area contributed by atoms with Gasteiger partial charge in [0, 0.05) is 45.5 Å². The van der Waals surface area contributed by atoms with Crippen LogP contribution in [0.1, 0.15) is 16.8 Å². The lowest BCUT2D eigenvalue weighted by atomic mass is 10.1. The third-order valence-electron chi connectivity index (χ3n) is 5.46. The number of morpholine rings is 1. The summed E-state index contributed by atoms with van der Waals surface area (Å²) in [6.07, 6.45) is 1.82. The Morgan fingerprint density at radius 3 is 2.38 bits per heavy atom. The Labute approximate surface area is 175 Å². The number of rotatable bonds is 3. The summed E-state index contributed by atoms with van der Waals surface area (Å²) in [6.45, 7) is 9.92. The molecule has 0 atom stereocenters. The van der Waals surface area contributed by atoms with Crippen LogP contribution in [-0.2, 0) is 4.74 Å². The van der Waals surface area contributed by atoms with Crippen molar-refractivity contribution >= 4 is 29.2 Å². The number of aryl methyl sites for hydroxylation is 1. The molecule has 0 unspecified atom stereocenters. The van der Waals surface area contributed by atoms with E-state index >= 15 is 0 Å². The number of halogens is 1. The van der Waals surface area contributed by atoms with Gasteiger partial charge >= 0.3 is 0 Å². The van der Waals surface area contributed by atoms with Gasteiger partial charge in [-0.05, 0) is 25.5 Å². The Balaban J connectivity index is 1.49. The summed E-state index contributed by atoms with van der Waals surface area (Å²) in [6, 6.07) is 4.23. The summed E-state index contributed by atoms with van der Waals surface area (Å²) in [5, 5.41) is 10.2. The minimum Gasteiger partial charge on any atom is -0.378 e. The second-order valence-corrected chi connectivity index (χ2v) is 7.61. The quantitative estimate of drug-likeness (QED) is 0.757. The van der Waals surface area contributed by atoms with Gasteiger partial charge in [-0.3, -0.25) is 0 Å². The van der Waals surface area contributed by atoms with Crippen LogP contribution >= 0.6 is 11.6 Å². The molecule has 0 aliphatic carbocycles. The average molecular weight is 414 g/mol. The number of nitrogens with zero attached hydrogens (tertiary/aromatic N) is 7. The van der Waals surface area contributed by atoms with Crippen molar-refractivity contribution in [1.82, 2.24) is 15.0 Å². The van der Waals surface area contributed by atoms with E-state index in [9.17, 15) is 5.26 Å². The minimum atomic E-state index is 0.555. The van der Waals surface area contributed by atoms with Crippen molar-refractivity contribution in [3.05, 3.63) is 34.1 Å². The molecule has 0 saturated carbocycles. The van der Waals surface area contributed by atoms with Crippen LogP contribution in [-0.4, -0.2) is 67.4 Å². The van der Waals surface area contributed by atoms with Crippen LogP contribution in [0.15, 0.2) is 12.3 Å². The number of pyridine rings is 1. The molecule has 0 radical (unpaired) electrons. The zero-order chi connectivity index (χ0) is 20.4. The Morgan fingerprint density at radius 2 is 1.69 bits per heavy atom. The molecule has 0 aromatic carbocycles. The number of hydrogen-bond acceptors (Lipinski definition) is 8. The van der Waals surface area contributed by atoms with E-state index in [4.69, 9.17) is 21.3 Å². The number of piperazine rings is 1. The van der Waals surface area contributed by atoms with Crippen LogP contribution in [0.4, 0.5) is 17.6 Å². The van der Waals surface area contributed by atoms with Gasteiger partial charge in [-0.1, -0.05) is 11.6 Å². The van der Waals surface area contributed by atoms with Gasteiger partial charge < -0.3 is 19.4 Å². The zero-order valence-corrected chi connectivity index (χ0v) is 17.5. The highest BCUT2D eigenvalue weighted by Crippen LogP contribution is 2.30. The standard InChI is InChI=1S/C20H24ClN7O/c1-14-16(13-22)19(24-15(2)18(14)21)27-5-7-28(8-6-27)20-23-4-3-17(25-20)26-9-11-29-12-10-26/h3-4H,5-12H2,1-2H3. The number of hydrogen-bond donors (Lipinski definition) is 0. The van der Waals surface area contributed by atoms with Crippen molar-refractivity contribution in [3.63, 3.8) is 0 Å². The van der Waals surface area contributed by atoms with Gasteiger partial charge in [0.2, 0.25) is 5.95 Å². The minimum absolute atomic E-state index is 0.555. The highest BCUT2D eigenvalue weighted by molar-refractivity contribution is 6.32. The Hall–Kier alpha value is -2.63. The first-order chi connectivity index (χ1) is 14.1. The molecule has 0 amide bonds. The van der Waals surface area contributed by atoms with Crippen molar-refractivity contribution in [2.24, 2.45) is 0 Å². The lowest BCUT2D eigenvalue weighted by Crippen LogP contribution is -2.48. The van der Waals surface area contributed by atoms with Crippen molar-refractivity contribution in [2.75, 3.05) is 67.2 Å². The second-order valence-electron chi connectivity index (χ2n) is 7.23. The highest BCUT2D eigenvalue weighted by Gasteiger charge is 2.25. The van der Waals surface area contributed by atoms with Crippen LogP contribution in [0.3, 0.4) is 0 Å². The Bertz CT molecular complexity index is 931. The molecule has 0 N–H and O–H groups in total. The predicted molar refractivity (Wildman–Crippen MR) is 113 cm³/mol. The SMILES string of the molecule is Cc1nc(N2CCN(c3nccc(N4CCOCC4)n3)CC2)c(C#N)c(C)c1Cl. The average Bonchev–Trinajstić information content (AvgIpc) is 2.78. The third-order valence-corrected chi connectivity index (χ3v) is 6.01. The molecule has 2 aliphatic rings. The molecule has 4 heterocycles. The van der Waals surface area contributed by atoms with Crippen molar-refractivity contribution < 1.29 is 4.74 Å². The molecule has 0 spiro atoms. The molecule has 2 fully saturated rings. The molecule has 9 heteroatoms. The number of nitriles is 1. The molecule has 2 aliphatic heterocycles. The van der Waals surface area contributed by atoms with E-state index in [2.05, 4.69) is 30.7 Å². The fourth-order valence-electron chi connectivity index (χ4n) is 3.75. The number of ether oxygens (including phenoxy) is 1. The Kier molecular flexibility index (Phi) is 5.69. The molecule has 152 valence electrons. The smallest absolute Gasteiger partial charge is 0.227 e. The van der Waals surface area contributed by atoms with Gasteiger partial charge in [-0.25, -0.2) is 9.97 Å². The van der Waals surface area contributed by atoms with Gasteiger partial charge in [-0.2, -0.15) is 10.2 Å². The van der Waals surface area contributed by atoms with Gasteiger partial charge in [0.1, 0.15) is 17.7 Å². The van der Waals surface area contributed by atoms with Crippen molar-refractivity contribution in [3.8, 4) is 6.07 Å². The lowest BCUT2D eigenvalue weighted by molar-refractivity contribution is 0.122. The molecule has 29 heavy (non-hydrogen) atoms. The largest absolute Gasteiger partial charge is 0.378 e. The molecule has 2 aromatic heterocycles. The van der Waals surface area contributed by atoms with Crippen molar-refractivity contribution in [1.29, 1.82) is 5.26 Å². The lowest BCUT2D eigenvalue weighted by Gasteiger charge is -2.36. The molecule has 8 nitrogen and oxygen atoms in total. The monoisotopic (exact) mass is 413 g/mol. The van der Waals surface area contributed by atoms with E-state index in [1.54, 1.807) is 0 Å². The van der Waals surface area contributed by atoms with E-state index in [-0.39, 0.29) is 0 Å². The van der Waals surface area contributed by atoms with Gasteiger partial charge in [0.15, 0.2) is 0 Å². The zero-order valence-electron chi connectivity index (χ0n) is 16.7. The van der Waals surface area contributed by atoms with Gasteiger partial charge in [-0.15, -0.1) is 0 Å². The predicted octanol–water partition coefficient (Wildman–Crippen LogP) is 2.18. The van der Waals surface area contributed by atoms with E-state index in [1.807, 2.05) is 26.1 Å². The van der Waals surface area contributed by atoms with E-state index < -0.39 is 0 Å². The van der Waals surface area contributed by atoms with Gasteiger partial charge in [0.25, 0.3) is 0 Å². The molecule has 2 aromatic rings. The molecular formula is C20H24ClN7O. The first-order valence-electron chi connectivity index (χ1n) is 9.81.